The van der Waals surface area contributed by atoms with E-state index >= 15 is 0 Å². The summed E-state index contributed by atoms with van der Waals surface area (Å²) in [4.78, 5) is 11.3. The first-order valence-electron chi connectivity index (χ1n) is 5.34. The molecule has 0 aliphatic rings. The van der Waals surface area contributed by atoms with Gasteiger partial charge in [0.1, 0.15) is 0 Å². The first kappa shape index (κ1) is 15.2. The van der Waals surface area contributed by atoms with Crippen LogP contribution in [0, 0.1) is 0 Å². The fourth-order valence-electron chi connectivity index (χ4n) is 1.69. The Labute approximate surface area is 126 Å². The summed E-state index contributed by atoms with van der Waals surface area (Å²) in [6, 6.07) is 3.75. The fraction of sp³-hybridized carbons (Fsp3) is 0.417. The molecule has 2 nitrogen and oxygen atoms in total. The monoisotopic (exact) mass is 426 g/mol. The number of carboxylic acids is 1. The van der Waals surface area contributed by atoms with Gasteiger partial charge in [0.05, 0.1) is 5.92 Å². The second-order valence-corrected chi connectivity index (χ2v) is 6.44. The Bertz CT molecular complexity index is 395. The van der Waals surface area contributed by atoms with E-state index in [4.69, 9.17) is 0 Å². The second-order valence-electron chi connectivity index (χ2n) is 3.82. The van der Waals surface area contributed by atoms with Crippen LogP contribution in [0.15, 0.2) is 25.6 Å². The molecule has 1 aromatic rings. The molecule has 1 rings (SSSR count). The molecule has 1 atom stereocenters. The molecule has 0 fully saturated rings. The first-order valence-corrected chi connectivity index (χ1v) is 7.72. The highest BCUT2D eigenvalue weighted by atomic mass is 79.9. The molecule has 0 saturated carbocycles. The fourth-order valence-corrected chi connectivity index (χ4v) is 4.50. The summed E-state index contributed by atoms with van der Waals surface area (Å²) in [5.41, 5.74) is 0.814. The summed E-state index contributed by atoms with van der Waals surface area (Å²) >= 11 is 10.2. The standard InChI is InChI=1S/C12H13Br3O2/c1-2-3-4-8(12(16)17)11-9(14)5-7(13)6-10(11)15/h5-6,8H,2-4H2,1H3,(H,16,17). The number of rotatable bonds is 5. The van der Waals surface area contributed by atoms with Gasteiger partial charge >= 0.3 is 5.97 Å². The van der Waals surface area contributed by atoms with E-state index < -0.39 is 11.9 Å². The third-order valence-corrected chi connectivity index (χ3v) is 4.31. The number of aliphatic carboxylic acids is 1. The van der Waals surface area contributed by atoms with Crippen LogP contribution in [0.1, 0.15) is 37.7 Å². The van der Waals surface area contributed by atoms with Gasteiger partial charge in [-0.3, -0.25) is 4.79 Å². The number of unbranched alkanes of at least 4 members (excludes halogenated alkanes) is 1. The largest absolute Gasteiger partial charge is 0.481 e. The summed E-state index contributed by atoms with van der Waals surface area (Å²) < 4.78 is 2.56. The Morgan fingerprint density at radius 2 is 1.82 bits per heavy atom. The van der Waals surface area contributed by atoms with Gasteiger partial charge < -0.3 is 5.11 Å². The van der Waals surface area contributed by atoms with E-state index in [0.29, 0.717) is 6.42 Å². The second kappa shape index (κ2) is 6.90. The van der Waals surface area contributed by atoms with Gasteiger partial charge in [-0.05, 0) is 24.1 Å². The molecule has 0 aromatic heterocycles. The first-order chi connectivity index (χ1) is 7.97. The highest BCUT2D eigenvalue weighted by molar-refractivity contribution is 9.11. The van der Waals surface area contributed by atoms with Gasteiger partial charge in [-0.25, -0.2) is 0 Å². The molecule has 0 aliphatic carbocycles. The van der Waals surface area contributed by atoms with Crippen molar-refractivity contribution in [1.82, 2.24) is 0 Å². The Kier molecular flexibility index (Phi) is 6.17. The van der Waals surface area contributed by atoms with Crippen molar-refractivity contribution in [3.8, 4) is 0 Å². The maximum atomic E-state index is 11.3. The van der Waals surface area contributed by atoms with Gasteiger partial charge in [-0.1, -0.05) is 67.6 Å². The molecule has 0 saturated heterocycles. The lowest BCUT2D eigenvalue weighted by molar-refractivity contribution is -0.139. The molecule has 94 valence electrons. The smallest absolute Gasteiger partial charge is 0.311 e. The van der Waals surface area contributed by atoms with Crippen LogP contribution in [0.25, 0.3) is 0 Å². The number of benzene rings is 1. The average molecular weight is 429 g/mol. The molecule has 0 amide bonds. The lowest BCUT2D eigenvalue weighted by Crippen LogP contribution is -2.13. The van der Waals surface area contributed by atoms with Crippen LogP contribution in [0.5, 0.6) is 0 Å². The lowest BCUT2D eigenvalue weighted by atomic mass is 9.94. The van der Waals surface area contributed by atoms with Gasteiger partial charge in [0.2, 0.25) is 0 Å². The normalized spacial score (nSPS) is 12.5. The predicted octanol–water partition coefficient (Wildman–Crippen LogP) is 5.33. The Morgan fingerprint density at radius 1 is 1.29 bits per heavy atom. The van der Waals surface area contributed by atoms with Crippen LogP contribution in [0.4, 0.5) is 0 Å². The van der Waals surface area contributed by atoms with E-state index in [2.05, 4.69) is 54.7 Å². The summed E-state index contributed by atoms with van der Waals surface area (Å²) in [5.74, 6) is -1.24. The van der Waals surface area contributed by atoms with E-state index in [1.165, 1.54) is 0 Å². The van der Waals surface area contributed by atoms with Crippen molar-refractivity contribution in [3.05, 3.63) is 31.1 Å². The van der Waals surface area contributed by atoms with Crippen molar-refractivity contribution in [2.75, 3.05) is 0 Å². The Balaban J connectivity index is 3.14. The summed E-state index contributed by atoms with van der Waals surface area (Å²) in [6.45, 7) is 2.06. The molecule has 1 N–H and O–H groups in total. The number of carbonyl (C=O) groups is 1. The average Bonchev–Trinajstić information content (AvgIpc) is 2.20. The topological polar surface area (TPSA) is 37.3 Å². The highest BCUT2D eigenvalue weighted by Gasteiger charge is 2.24. The number of hydrogen-bond acceptors (Lipinski definition) is 1. The van der Waals surface area contributed by atoms with Gasteiger partial charge in [-0.15, -0.1) is 0 Å². The zero-order valence-corrected chi connectivity index (χ0v) is 14.1. The van der Waals surface area contributed by atoms with Crippen molar-refractivity contribution in [3.63, 3.8) is 0 Å². The van der Waals surface area contributed by atoms with Gasteiger partial charge in [0.15, 0.2) is 0 Å². The van der Waals surface area contributed by atoms with E-state index in [0.717, 1.165) is 31.8 Å². The van der Waals surface area contributed by atoms with Crippen LogP contribution in [-0.4, -0.2) is 11.1 Å². The lowest BCUT2D eigenvalue weighted by Gasteiger charge is -2.16. The Morgan fingerprint density at radius 3 is 2.24 bits per heavy atom. The molecule has 1 unspecified atom stereocenters. The zero-order chi connectivity index (χ0) is 13.0. The highest BCUT2D eigenvalue weighted by Crippen LogP contribution is 2.37. The number of carboxylic acid groups (broad SMARTS) is 1. The molecule has 0 spiro atoms. The van der Waals surface area contributed by atoms with Crippen molar-refractivity contribution < 1.29 is 9.90 Å². The zero-order valence-electron chi connectivity index (χ0n) is 9.34. The molecule has 0 heterocycles. The third kappa shape index (κ3) is 4.07. The number of halogens is 3. The molecule has 5 heteroatoms. The van der Waals surface area contributed by atoms with Crippen LogP contribution in [-0.2, 0) is 4.79 Å². The minimum Gasteiger partial charge on any atom is -0.481 e. The molecule has 1 aromatic carbocycles. The molecular weight excluding hydrogens is 416 g/mol. The summed E-state index contributed by atoms with van der Waals surface area (Å²) in [5, 5.41) is 9.32. The molecule has 0 bridgehead atoms. The van der Waals surface area contributed by atoms with E-state index in [9.17, 15) is 9.90 Å². The van der Waals surface area contributed by atoms with Crippen molar-refractivity contribution >= 4 is 53.8 Å². The van der Waals surface area contributed by atoms with E-state index in [1.54, 1.807) is 0 Å². The maximum Gasteiger partial charge on any atom is 0.311 e. The molecule has 0 radical (unpaired) electrons. The summed E-state index contributed by atoms with van der Waals surface area (Å²) in [6.07, 6.45) is 2.56. The van der Waals surface area contributed by atoms with Crippen LogP contribution in [0.2, 0.25) is 0 Å². The maximum absolute atomic E-state index is 11.3. The van der Waals surface area contributed by atoms with Crippen molar-refractivity contribution in [2.24, 2.45) is 0 Å². The minimum atomic E-state index is -0.776. The number of hydrogen-bond donors (Lipinski definition) is 1. The SMILES string of the molecule is CCCCC(C(=O)O)c1c(Br)cc(Br)cc1Br. The van der Waals surface area contributed by atoms with Crippen LogP contribution >= 0.6 is 47.8 Å². The minimum absolute atomic E-state index is 0.466. The quantitative estimate of drug-likeness (QED) is 0.688. The van der Waals surface area contributed by atoms with Gasteiger partial charge in [-0.2, -0.15) is 0 Å². The summed E-state index contributed by atoms with van der Waals surface area (Å²) in [7, 11) is 0. The molecule has 17 heavy (non-hydrogen) atoms. The molecular formula is C12H13Br3O2. The predicted molar refractivity (Wildman–Crippen MR) is 79.4 cm³/mol. The van der Waals surface area contributed by atoms with Crippen LogP contribution < -0.4 is 0 Å². The van der Waals surface area contributed by atoms with Crippen molar-refractivity contribution in [1.29, 1.82) is 0 Å². The Hall–Kier alpha value is 0.130. The molecule has 0 aliphatic heterocycles. The van der Waals surface area contributed by atoms with Crippen molar-refractivity contribution in [2.45, 2.75) is 32.1 Å². The van der Waals surface area contributed by atoms with E-state index in [-0.39, 0.29) is 0 Å². The third-order valence-electron chi connectivity index (χ3n) is 2.54. The van der Waals surface area contributed by atoms with Gasteiger partial charge in [0.25, 0.3) is 0 Å². The van der Waals surface area contributed by atoms with Crippen LogP contribution in [0.3, 0.4) is 0 Å². The van der Waals surface area contributed by atoms with Gasteiger partial charge in [0, 0.05) is 13.4 Å². The van der Waals surface area contributed by atoms with E-state index in [1.807, 2.05) is 12.1 Å².